The van der Waals surface area contributed by atoms with Gasteiger partial charge in [0.05, 0.1) is 0 Å². The molecule has 0 saturated heterocycles. The van der Waals surface area contributed by atoms with Crippen molar-refractivity contribution in [2.24, 2.45) is 0 Å². The molecule has 0 aliphatic carbocycles. The van der Waals surface area contributed by atoms with Gasteiger partial charge >= 0.3 is 188 Å². The summed E-state index contributed by atoms with van der Waals surface area (Å²) in [6.07, 6.45) is 11.6. The van der Waals surface area contributed by atoms with E-state index in [0.29, 0.717) is 0 Å². The Bertz CT molecular complexity index is 815. The van der Waals surface area contributed by atoms with Gasteiger partial charge in [-0.1, -0.05) is 0 Å². The van der Waals surface area contributed by atoms with Crippen LogP contribution >= 0.6 is 0 Å². The zero-order chi connectivity index (χ0) is 23.4. The molecule has 2 rings (SSSR count). The average Bonchev–Trinajstić information content (AvgIpc) is 2.82. The summed E-state index contributed by atoms with van der Waals surface area (Å²) < 4.78 is 6.01. The summed E-state index contributed by atoms with van der Waals surface area (Å²) in [7, 11) is 4.06. The predicted molar refractivity (Wildman–Crippen MR) is 145 cm³/mol. The fraction of sp³-hybridized carbons (Fsp3) is 0.483. The van der Waals surface area contributed by atoms with E-state index < -0.39 is 18.4 Å². The van der Waals surface area contributed by atoms with Gasteiger partial charge in [-0.25, -0.2) is 0 Å². The van der Waals surface area contributed by atoms with Crippen molar-refractivity contribution in [2.75, 3.05) is 19.0 Å². The van der Waals surface area contributed by atoms with Gasteiger partial charge < -0.3 is 0 Å². The molecule has 174 valence electrons. The van der Waals surface area contributed by atoms with Crippen molar-refractivity contribution in [3.63, 3.8) is 0 Å². The van der Waals surface area contributed by atoms with Gasteiger partial charge in [-0.05, 0) is 0 Å². The summed E-state index contributed by atoms with van der Waals surface area (Å²) in [6.45, 7) is 6.95. The number of benzene rings is 2. The topological polar surface area (TPSA) is 20.3 Å². The van der Waals surface area contributed by atoms with Crippen molar-refractivity contribution in [2.45, 2.75) is 72.6 Å². The van der Waals surface area contributed by atoms with Crippen molar-refractivity contribution in [3.8, 4) is 0 Å². The Kier molecular flexibility index (Phi) is 11.6. The van der Waals surface area contributed by atoms with Gasteiger partial charge in [0.1, 0.15) is 0 Å². The third kappa shape index (κ3) is 7.79. The normalized spacial score (nSPS) is 11.8. The first kappa shape index (κ1) is 26.7. The molecular formula is C29H43NOSn. The van der Waals surface area contributed by atoms with Crippen LogP contribution in [0.5, 0.6) is 0 Å². The minimum absolute atomic E-state index is 0.0877. The molecule has 0 saturated carbocycles. The summed E-state index contributed by atoms with van der Waals surface area (Å²) in [5.74, 6) is 0.0877. The van der Waals surface area contributed by atoms with Crippen molar-refractivity contribution in [3.05, 3.63) is 65.7 Å². The molecule has 0 aliphatic rings. The van der Waals surface area contributed by atoms with Gasteiger partial charge in [-0.15, -0.1) is 0 Å². The van der Waals surface area contributed by atoms with E-state index in [1.54, 1.807) is 9.66 Å². The summed E-state index contributed by atoms with van der Waals surface area (Å²) in [5.41, 5.74) is 3.01. The molecule has 0 heterocycles. The number of rotatable bonds is 14. The summed E-state index contributed by atoms with van der Waals surface area (Å²) >= 11 is -2.42. The zero-order valence-corrected chi connectivity index (χ0v) is 23.8. The van der Waals surface area contributed by atoms with Gasteiger partial charge in [0.25, 0.3) is 0 Å². The number of unbranched alkanes of at least 4 members (excludes halogenated alkanes) is 3. The second-order valence-corrected chi connectivity index (χ2v) is 22.6. The molecule has 0 fully saturated rings. The molecule has 3 heteroatoms. The molecule has 2 nitrogen and oxygen atoms in total. The monoisotopic (exact) mass is 541 g/mol. The van der Waals surface area contributed by atoms with Crippen molar-refractivity contribution >= 4 is 39.5 Å². The first-order chi connectivity index (χ1) is 15.5. The summed E-state index contributed by atoms with van der Waals surface area (Å²) in [6, 6.07) is 17.1. The quantitative estimate of drug-likeness (QED) is 0.139. The van der Waals surface area contributed by atoms with Crippen LogP contribution in [-0.4, -0.2) is 38.3 Å². The van der Waals surface area contributed by atoms with Gasteiger partial charge in [-0.2, -0.15) is 0 Å². The van der Waals surface area contributed by atoms with Crippen LogP contribution in [0.3, 0.4) is 0 Å². The number of nitrogens with zero attached hydrogens (tertiary/aromatic N) is 1. The summed E-state index contributed by atoms with van der Waals surface area (Å²) in [4.78, 5) is 14.9. The number of anilines is 1. The predicted octanol–water partition coefficient (Wildman–Crippen LogP) is 7.70. The molecule has 0 N–H and O–H groups in total. The molecule has 0 radical (unpaired) electrons. The molecule has 2 aromatic rings. The zero-order valence-electron chi connectivity index (χ0n) is 21.0. The number of ketones is 1. The van der Waals surface area contributed by atoms with E-state index in [1.165, 1.54) is 51.8 Å². The van der Waals surface area contributed by atoms with E-state index >= 15 is 0 Å². The number of hydrogen-bond acceptors (Lipinski definition) is 2. The second kappa shape index (κ2) is 13.9. The number of hydrogen-bond donors (Lipinski definition) is 0. The Morgan fingerprint density at radius 2 is 1.28 bits per heavy atom. The maximum atomic E-state index is 12.8. The third-order valence-electron chi connectivity index (χ3n) is 6.65. The van der Waals surface area contributed by atoms with E-state index in [4.69, 9.17) is 0 Å². The van der Waals surface area contributed by atoms with Crippen LogP contribution in [0.4, 0.5) is 5.69 Å². The molecule has 0 spiro atoms. The van der Waals surface area contributed by atoms with E-state index in [2.05, 4.69) is 74.2 Å². The third-order valence-corrected chi connectivity index (χ3v) is 22.3. The Morgan fingerprint density at radius 1 is 0.781 bits per heavy atom. The van der Waals surface area contributed by atoms with E-state index in [1.807, 2.05) is 20.2 Å². The van der Waals surface area contributed by atoms with Crippen LogP contribution in [-0.2, 0) is 0 Å². The van der Waals surface area contributed by atoms with Gasteiger partial charge in [0.15, 0.2) is 0 Å². The van der Waals surface area contributed by atoms with Crippen molar-refractivity contribution in [1.82, 2.24) is 0 Å². The van der Waals surface area contributed by atoms with Gasteiger partial charge in [0.2, 0.25) is 0 Å². The van der Waals surface area contributed by atoms with Crippen molar-refractivity contribution in [1.29, 1.82) is 0 Å². The Balaban J connectivity index is 2.18. The molecule has 0 aliphatic heterocycles. The second-order valence-electron chi connectivity index (χ2n) is 9.35. The molecule has 0 bridgehead atoms. The van der Waals surface area contributed by atoms with Crippen LogP contribution in [0.2, 0.25) is 13.3 Å². The molecule has 32 heavy (non-hydrogen) atoms. The van der Waals surface area contributed by atoms with Crippen LogP contribution in [0, 0.1) is 0 Å². The van der Waals surface area contributed by atoms with Crippen molar-refractivity contribution < 1.29 is 4.79 Å². The Morgan fingerprint density at radius 3 is 1.72 bits per heavy atom. The SMILES string of the molecule is CCC[CH2][Sn]([CH2]CCC)([CH2]CCC)[c]1ccc(C(=O)/C=C/c2ccc(N(C)C)cc2)cc1. The first-order valence-electron chi connectivity index (χ1n) is 12.6. The number of carbonyl (C=O) groups is 1. The molecule has 2 aromatic carbocycles. The molecular weight excluding hydrogens is 497 g/mol. The summed E-state index contributed by atoms with van der Waals surface area (Å²) in [5, 5.41) is 0. The molecule has 0 atom stereocenters. The fourth-order valence-electron chi connectivity index (χ4n) is 4.49. The fourth-order valence-corrected chi connectivity index (χ4v) is 20.4. The van der Waals surface area contributed by atoms with E-state index in [9.17, 15) is 4.79 Å². The van der Waals surface area contributed by atoms with Crippen LogP contribution in [0.1, 0.15) is 75.2 Å². The van der Waals surface area contributed by atoms with Crippen LogP contribution in [0.25, 0.3) is 6.08 Å². The standard InChI is InChI=1S/C17H16NO.3C4H9.Sn/c1-18(2)16-11-8-14(9-12-16)10-13-17(19)15-6-4-3-5-7-15;3*1-3-4-2;/h4-13H,1-2H3;3*1,3-4H2,2H3;/b13-10+;;;;. The molecule has 0 unspecified atom stereocenters. The average molecular weight is 540 g/mol. The maximum absolute atomic E-state index is 12.8. The van der Waals surface area contributed by atoms with Crippen LogP contribution in [0.15, 0.2) is 54.6 Å². The number of allylic oxidation sites excluding steroid dienone is 1. The molecule has 0 aromatic heterocycles. The molecule has 0 amide bonds. The van der Waals surface area contributed by atoms with Gasteiger partial charge in [0, 0.05) is 14.1 Å². The van der Waals surface area contributed by atoms with E-state index in [0.717, 1.165) is 16.8 Å². The first-order valence-corrected chi connectivity index (χ1v) is 20.0. The van der Waals surface area contributed by atoms with Gasteiger partial charge in [-0.3, -0.25) is 0 Å². The Hall–Kier alpha value is -1.55. The minimum atomic E-state index is -2.42. The Labute approximate surface area is 201 Å². The number of carbonyl (C=O) groups excluding carboxylic acids is 1. The van der Waals surface area contributed by atoms with E-state index in [-0.39, 0.29) is 5.78 Å². The van der Waals surface area contributed by atoms with Crippen LogP contribution < -0.4 is 8.48 Å².